The highest BCUT2D eigenvalue weighted by molar-refractivity contribution is 5.89. The van der Waals surface area contributed by atoms with E-state index in [0.717, 1.165) is 6.08 Å². The third kappa shape index (κ3) is 3.88. The SMILES string of the molecule is C=CC(=O)N[C@](O)(C=O)[C@@H](O)[C@H](O)[C@H](O)CO. The number of amides is 1. The number of hydrogen-bond donors (Lipinski definition) is 6. The minimum atomic E-state index is -2.79. The van der Waals surface area contributed by atoms with Crippen LogP contribution in [0, 0.1) is 0 Å². The van der Waals surface area contributed by atoms with E-state index in [1.807, 2.05) is 0 Å². The van der Waals surface area contributed by atoms with E-state index >= 15 is 0 Å². The van der Waals surface area contributed by atoms with Crippen LogP contribution in [0.5, 0.6) is 0 Å². The Morgan fingerprint density at radius 2 is 1.94 bits per heavy atom. The quantitative estimate of drug-likeness (QED) is 0.154. The molecule has 1 amide bonds. The number of carbonyl (C=O) groups excluding carboxylic acids is 2. The second-order valence-corrected chi connectivity index (χ2v) is 3.32. The summed E-state index contributed by atoms with van der Waals surface area (Å²) in [7, 11) is 0. The summed E-state index contributed by atoms with van der Waals surface area (Å²) in [5.74, 6) is -0.968. The first-order chi connectivity index (χ1) is 7.82. The number of rotatable bonds is 7. The molecule has 8 nitrogen and oxygen atoms in total. The van der Waals surface area contributed by atoms with Gasteiger partial charge in [-0.15, -0.1) is 0 Å². The summed E-state index contributed by atoms with van der Waals surface area (Å²) < 4.78 is 0. The van der Waals surface area contributed by atoms with Crippen LogP contribution in [0.15, 0.2) is 12.7 Å². The van der Waals surface area contributed by atoms with Crippen molar-refractivity contribution in [2.75, 3.05) is 6.61 Å². The van der Waals surface area contributed by atoms with Crippen LogP contribution in [0.4, 0.5) is 0 Å². The number of aldehydes is 1. The fraction of sp³-hybridized carbons (Fsp3) is 0.556. The minimum Gasteiger partial charge on any atom is -0.394 e. The van der Waals surface area contributed by atoms with Gasteiger partial charge in [0.2, 0.25) is 11.6 Å². The van der Waals surface area contributed by atoms with Crippen molar-refractivity contribution in [2.45, 2.75) is 24.0 Å². The van der Waals surface area contributed by atoms with Crippen LogP contribution < -0.4 is 5.32 Å². The molecule has 0 aromatic heterocycles. The maximum atomic E-state index is 10.9. The van der Waals surface area contributed by atoms with Gasteiger partial charge < -0.3 is 30.8 Å². The molecular formula is C9H15NO7. The van der Waals surface area contributed by atoms with Crippen molar-refractivity contribution in [1.82, 2.24) is 5.32 Å². The van der Waals surface area contributed by atoms with Gasteiger partial charge in [0.1, 0.15) is 18.3 Å². The van der Waals surface area contributed by atoms with E-state index < -0.39 is 36.6 Å². The molecule has 0 aliphatic rings. The van der Waals surface area contributed by atoms with Crippen molar-refractivity contribution in [3.8, 4) is 0 Å². The Morgan fingerprint density at radius 3 is 2.29 bits per heavy atom. The van der Waals surface area contributed by atoms with Crippen LogP contribution in [-0.2, 0) is 9.59 Å². The zero-order valence-corrected chi connectivity index (χ0v) is 8.85. The first-order valence-corrected chi connectivity index (χ1v) is 4.60. The lowest BCUT2D eigenvalue weighted by molar-refractivity contribution is -0.175. The smallest absolute Gasteiger partial charge is 0.245 e. The third-order valence-electron chi connectivity index (χ3n) is 2.04. The molecule has 0 unspecified atom stereocenters. The zero-order valence-electron chi connectivity index (χ0n) is 8.85. The highest BCUT2D eigenvalue weighted by Gasteiger charge is 2.43. The average molecular weight is 249 g/mol. The molecular weight excluding hydrogens is 234 g/mol. The van der Waals surface area contributed by atoms with Gasteiger partial charge in [-0.05, 0) is 6.08 Å². The molecule has 8 heteroatoms. The van der Waals surface area contributed by atoms with Gasteiger partial charge in [0.15, 0.2) is 6.29 Å². The third-order valence-corrected chi connectivity index (χ3v) is 2.04. The zero-order chi connectivity index (χ0) is 13.6. The van der Waals surface area contributed by atoms with Crippen molar-refractivity contribution in [3.63, 3.8) is 0 Å². The second-order valence-electron chi connectivity index (χ2n) is 3.32. The molecule has 0 spiro atoms. The van der Waals surface area contributed by atoms with E-state index in [1.165, 1.54) is 0 Å². The van der Waals surface area contributed by atoms with E-state index in [1.54, 1.807) is 5.32 Å². The Morgan fingerprint density at radius 1 is 1.41 bits per heavy atom. The van der Waals surface area contributed by atoms with Gasteiger partial charge in [-0.1, -0.05) is 6.58 Å². The molecule has 0 aromatic carbocycles. The van der Waals surface area contributed by atoms with E-state index in [0.29, 0.717) is 0 Å². The van der Waals surface area contributed by atoms with Crippen LogP contribution in [0.25, 0.3) is 0 Å². The van der Waals surface area contributed by atoms with E-state index in [2.05, 4.69) is 6.58 Å². The molecule has 0 aromatic rings. The summed E-state index contributed by atoms with van der Waals surface area (Å²) in [6.45, 7) is 2.16. The highest BCUT2D eigenvalue weighted by Crippen LogP contribution is 2.11. The van der Waals surface area contributed by atoms with E-state index in [-0.39, 0.29) is 6.29 Å². The molecule has 0 heterocycles. The molecule has 0 bridgehead atoms. The fourth-order valence-electron chi connectivity index (χ4n) is 1.00. The lowest BCUT2D eigenvalue weighted by atomic mass is 9.98. The van der Waals surface area contributed by atoms with Gasteiger partial charge in [0, 0.05) is 0 Å². The highest BCUT2D eigenvalue weighted by atomic mass is 16.4. The Balaban J connectivity index is 4.90. The predicted octanol–water partition coefficient (Wildman–Crippen LogP) is -3.75. The molecule has 0 radical (unpaired) electrons. The maximum absolute atomic E-state index is 10.9. The molecule has 0 aliphatic heterocycles. The number of hydrogen-bond acceptors (Lipinski definition) is 7. The molecule has 4 atom stereocenters. The van der Waals surface area contributed by atoms with Crippen molar-refractivity contribution in [1.29, 1.82) is 0 Å². The molecule has 0 saturated heterocycles. The lowest BCUT2D eigenvalue weighted by Crippen LogP contribution is -2.63. The monoisotopic (exact) mass is 249 g/mol. The molecule has 0 fully saturated rings. The fourth-order valence-corrected chi connectivity index (χ4v) is 1.00. The summed E-state index contributed by atoms with van der Waals surface area (Å²) in [4.78, 5) is 21.5. The first-order valence-electron chi connectivity index (χ1n) is 4.60. The summed E-state index contributed by atoms with van der Waals surface area (Å²) in [5.41, 5.74) is -2.79. The molecule has 0 saturated carbocycles. The van der Waals surface area contributed by atoms with Gasteiger partial charge in [-0.3, -0.25) is 9.59 Å². The summed E-state index contributed by atoms with van der Waals surface area (Å²) >= 11 is 0. The van der Waals surface area contributed by atoms with Gasteiger partial charge in [-0.2, -0.15) is 0 Å². The van der Waals surface area contributed by atoms with Crippen molar-refractivity contribution >= 4 is 12.2 Å². The van der Waals surface area contributed by atoms with Crippen molar-refractivity contribution in [2.24, 2.45) is 0 Å². The Kier molecular flexibility index (Phi) is 5.93. The predicted molar refractivity (Wildman–Crippen MR) is 54.5 cm³/mol. The minimum absolute atomic E-state index is 0.216. The Labute approximate surface area is 96.8 Å². The van der Waals surface area contributed by atoms with Crippen LogP contribution >= 0.6 is 0 Å². The topological polar surface area (TPSA) is 147 Å². The lowest BCUT2D eigenvalue weighted by Gasteiger charge is -2.32. The first kappa shape index (κ1) is 15.7. The Hall–Kier alpha value is -1.32. The number of aliphatic hydroxyl groups excluding tert-OH is 4. The van der Waals surface area contributed by atoms with Crippen LogP contribution in [0.2, 0.25) is 0 Å². The van der Waals surface area contributed by atoms with Gasteiger partial charge >= 0.3 is 0 Å². The normalized spacial score (nSPS) is 19.6. The maximum Gasteiger partial charge on any atom is 0.245 e. The Bertz CT molecular complexity index is 295. The summed E-state index contributed by atoms with van der Waals surface area (Å²) in [6, 6.07) is 0. The molecule has 0 aliphatic carbocycles. The number of nitrogens with one attached hydrogen (secondary N) is 1. The van der Waals surface area contributed by atoms with Crippen molar-refractivity contribution < 1.29 is 35.1 Å². The van der Waals surface area contributed by atoms with Crippen LogP contribution in [0.1, 0.15) is 0 Å². The van der Waals surface area contributed by atoms with Gasteiger partial charge in [0.25, 0.3) is 0 Å². The molecule has 6 N–H and O–H groups in total. The molecule has 98 valence electrons. The summed E-state index contributed by atoms with van der Waals surface area (Å²) in [6.07, 6.45) is -5.51. The van der Waals surface area contributed by atoms with Crippen molar-refractivity contribution in [3.05, 3.63) is 12.7 Å². The standard InChI is InChI=1S/C9H15NO7/c1-2-6(14)10-9(17,4-12)8(16)7(15)5(13)3-11/h2,4-5,7-8,11,13,15-17H,1,3H2,(H,10,14)/t5-,7-,8+,9+/m1/s1. The van der Waals surface area contributed by atoms with Gasteiger partial charge in [0.05, 0.1) is 6.61 Å². The van der Waals surface area contributed by atoms with E-state index in [9.17, 15) is 24.9 Å². The molecule has 17 heavy (non-hydrogen) atoms. The van der Waals surface area contributed by atoms with Gasteiger partial charge in [-0.25, -0.2) is 0 Å². The largest absolute Gasteiger partial charge is 0.394 e. The number of carbonyl (C=O) groups is 2. The number of aliphatic hydroxyl groups is 5. The van der Waals surface area contributed by atoms with E-state index in [4.69, 9.17) is 10.2 Å². The van der Waals surface area contributed by atoms with Crippen LogP contribution in [0.3, 0.4) is 0 Å². The summed E-state index contributed by atoms with van der Waals surface area (Å²) in [5, 5.41) is 47.5. The molecule has 0 rings (SSSR count). The van der Waals surface area contributed by atoms with Crippen LogP contribution in [-0.4, -0.2) is 68.4 Å². The second kappa shape index (κ2) is 6.42. The average Bonchev–Trinajstić information content (AvgIpc) is 2.35.